The predicted molar refractivity (Wildman–Crippen MR) is 90.6 cm³/mol. The van der Waals surface area contributed by atoms with E-state index in [-0.39, 0.29) is 5.82 Å². The van der Waals surface area contributed by atoms with Crippen LogP contribution in [0.5, 0.6) is 5.75 Å². The van der Waals surface area contributed by atoms with Crippen LogP contribution in [0.25, 0.3) is 0 Å². The SMILES string of the molecule is CCOc1ccc(C[NH+]2CCN(c3ccc(F)cc3)CC2)cc1. The van der Waals surface area contributed by atoms with Crippen LogP contribution in [0.2, 0.25) is 0 Å². The van der Waals surface area contributed by atoms with Gasteiger partial charge in [0.05, 0.1) is 32.8 Å². The van der Waals surface area contributed by atoms with Crippen molar-refractivity contribution in [2.24, 2.45) is 0 Å². The second-order valence-corrected chi connectivity index (χ2v) is 5.97. The van der Waals surface area contributed by atoms with Crippen molar-refractivity contribution in [2.75, 3.05) is 37.7 Å². The van der Waals surface area contributed by atoms with Gasteiger partial charge in [0.1, 0.15) is 18.1 Å². The van der Waals surface area contributed by atoms with Gasteiger partial charge in [0.25, 0.3) is 0 Å². The molecule has 0 amide bonds. The zero-order chi connectivity index (χ0) is 16.1. The number of hydrogen-bond acceptors (Lipinski definition) is 2. The Balaban J connectivity index is 1.51. The predicted octanol–water partition coefficient (Wildman–Crippen LogP) is 2.13. The molecule has 0 spiro atoms. The molecule has 1 aliphatic rings. The zero-order valence-electron chi connectivity index (χ0n) is 13.6. The minimum atomic E-state index is -0.173. The number of hydrogen-bond donors (Lipinski definition) is 1. The van der Waals surface area contributed by atoms with Crippen LogP contribution in [0, 0.1) is 5.82 Å². The third-order valence-electron chi connectivity index (χ3n) is 4.35. The van der Waals surface area contributed by atoms with Gasteiger partial charge in [-0.05, 0) is 55.5 Å². The standard InChI is InChI=1S/C19H23FN2O/c1-2-23-19-9-3-16(4-10-19)15-21-11-13-22(14-12-21)18-7-5-17(20)6-8-18/h3-10H,2,11-15H2,1H3/p+1. The number of quaternary nitrogens is 1. The molecule has 0 unspecified atom stereocenters. The first-order valence-electron chi connectivity index (χ1n) is 8.30. The highest BCUT2D eigenvalue weighted by Gasteiger charge is 2.20. The minimum absolute atomic E-state index is 0.173. The fraction of sp³-hybridized carbons (Fsp3) is 0.368. The van der Waals surface area contributed by atoms with Gasteiger partial charge in [0.2, 0.25) is 0 Å². The summed E-state index contributed by atoms with van der Waals surface area (Å²) in [5, 5.41) is 0. The van der Waals surface area contributed by atoms with Gasteiger partial charge in [-0.1, -0.05) is 0 Å². The fourth-order valence-corrected chi connectivity index (χ4v) is 3.07. The summed E-state index contributed by atoms with van der Waals surface area (Å²) in [6.07, 6.45) is 0. The normalized spacial score (nSPS) is 15.7. The van der Waals surface area contributed by atoms with Gasteiger partial charge < -0.3 is 14.5 Å². The Hall–Kier alpha value is -2.07. The minimum Gasteiger partial charge on any atom is -0.494 e. The van der Waals surface area contributed by atoms with Gasteiger partial charge in [-0.3, -0.25) is 0 Å². The summed E-state index contributed by atoms with van der Waals surface area (Å²) in [4.78, 5) is 3.92. The third kappa shape index (κ3) is 4.23. The van der Waals surface area contributed by atoms with Gasteiger partial charge in [0.15, 0.2) is 0 Å². The number of rotatable bonds is 5. The Morgan fingerprint density at radius 3 is 2.26 bits per heavy atom. The maximum Gasteiger partial charge on any atom is 0.123 e. The Kier molecular flexibility index (Phi) is 5.13. The molecule has 2 aromatic carbocycles. The summed E-state index contributed by atoms with van der Waals surface area (Å²) in [5.41, 5.74) is 2.46. The van der Waals surface area contributed by atoms with Crippen LogP contribution in [0.3, 0.4) is 0 Å². The average molecular weight is 315 g/mol. The van der Waals surface area contributed by atoms with E-state index in [0.29, 0.717) is 6.61 Å². The van der Waals surface area contributed by atoms with E-state index in [9.17, 15) is 4.39 Å². The molecule has 2 aromatic rings. The number of ether oxygens (including phenoxy) is 1. The summed E-state index contributed by atoms with van der Waals surface area (Å²) in [7, 11) is 0. The molecular formula is C19H24FN2O+. The number of anilines is 1. The first kappa shape index (κ1) is 15.8. The first-order chi connectivity index (χ1) is 11.2. The Bertz CT molecular complexity index is 604. The van der Waals surface area contributed by atoms with E-state index in [0.717, 1.165) is 44.2 Å². The van der Waals surface area contributed by atoms with Gasteiger partial charge in [-0.15, -0.1) is 0 Å². The van der Waals surface area contributed by atoms with Crippen molar-refractivity contribution < 1.29 is 14.0 Å². The molecule has 0 aliphatic carbocycles. The van der Waals surface area contributed by atoms with Crippen molar-refractivity contribution in [3.05, 3.63) is 59.9 Å². The molecule has 3 rings (SSSR count). The molecule has 1 fully saturated rings. The lowest BCUT2D eigenvalue weighted by Crippen LogP contribution is -3.13. The topological polar surface area (TPSA) is 16.9 Å². The van der Waals surface area contributed by atoms with E-state index in [2.05, 4.69) is 17.0 Å². The van der Waals surface area contributed by atoms with Crippen LogP contribution >= 0.6 is 0 Å². The van der Waals surface area contributed by atoms with Crippen LogP contribution < -0.4 is 14.5 Å². The molecule has 0 atom stereocenters. The zero-order valence-corrected chi connectivity index (χ0v) is 13.6. The molecule has 1 aliphatic heterocycles. The van der Waals surface area contributed by atoms with Crippen molar-refractivity contribution in [2.45, 2.75) is 13.5 Å². The molecule has 4 heteroatoms. The maximum absolute atomic E-state index is 13.0. The highest BCUT2D eigenvalue weighted by molar-refractivity contribution is 5.46. The van der Waals surface area contributed by atoms with Gasteiger partial charge in [0, 0.05) is 11.3 Å². The molecule has 0 bridgehead atoms. The van der Waals surface area contributed by atoms with Crippen LogP contribution in [0.15, 0.2) is 48.5 Å². The lowest BCUT2D eigenvalue weighted by Gasteiger charge is -2.33. The first-order valence-corrected chi connectivity index (χ1v) is 8.30. The number of nitrogens with zero attached hydrogens (tertiary/aromatic N) is 1. The van der Waals surface area contributed by atoms with Crippen molar-refractivity contribution in [1.29, 1.82) is 0 Å². The van der Waals surface area contributed by atoms with Crippen LogP contribution in [-0.4, -0.2) is 32.8 Å². The Morgan fingerprint density at radius 1 is 1.00 bits per heavy atom. The van der Waals surface area contributed by atoms with E-state index < -0.39 is 0 Å². The number of piperazine rings is 1. The molecule has 1 heterocycles. The molecule has 0 radical (unpaired) electrons. The van der Waals surface area contributed by atoms with Gasteiger partial charge >= 0.3 is 0 Å². The number of nitrogens with one attached hydrogen (secondary N) is 1. The van der Waals surface area contributed by atoms with E-state index in [1.54, 1.807) is 4.90 Å². The molecule has 0 saturated carbocycles. The molecule has 23 heavy (non-hydrogen) atoms. The summed E-state index contributed by atoms with van der Waals surface area (Å²) in [5.74, 6) is 0.765. The molecule has 1 N–H and O–H groups in total. The lowest BCUT2D eigenvalue weighted by molar-refractivity contribution is -0.914. The molecule has 122 valence electrons. The largest absolute Gasteiger partial charge is 0.494 e. The summed E-state index contributed by atoms with van der Waals surface area (Å²) in [6.45, 7) is 7.98. The van der Waals surface area contributed by atoms with Crippen molar-refractivity contribution in [3.8, 4) is 5.75 Å². The van der Waals surface area contributed by atoms with Crippen molar-refractivity contribution in [3.63, 3.8) is 0 Å². The summed E-state index contributed by atoms with van der Waals surface area (Å²) in [6, 6.07) is 15.2. The van der Waals surface area contributed by atoms with E-state index in [1.807, 2.05) is 31.2 Å². The van der Waals surface area contributed by atoms with Crippen molar-refractivity contribution >= 4 is 5.69 Å². The maximum atomic E-state index is 13.0. The van der Waals surface area contributed by atoms with E-state index in [1.165, 1.54) is 17.7 Å². The highest BCUT2D eigenvalue weighted by Crippen LogP contribution is 2.15. The summed E-state index contributed by atoms with van der Waals surface area (Å²) < 4.78 is 18.5. The van der Waals surface area contributed by atoms with Crippen LogP contribution in [0.1, 0.15) is 12.5 Å². The summed E-state index contributed by atoms with van der Waals surface area (Å²) >= 11 is 0. The second kappa shape index (κ2) is 7.47. The van der Waals surface area contributed by atoms with Crippen molar-refractivity contribution in [1.82, 2.24) is 0 Å². The molecular weight excluding hydrogens is 291 g/mol. The number of benzene rings is 2. The highest BCUT2D eigenvalue weighted by atomic mass is 19.1. The molecule has 1 saturated heterocycles. The smallest absolute Gasteiger partial charge is 0.123 e. The third-order valence-corrected chi connectivity index (χ3v) is 4.35. The van der Waals surface area contributed by atoms with E-state index in [4.69, 9.17) is 4.74 Å². The Morgan fingerprint density at radius 2 is 1.65 bits per heavy atom. The van der Waals surface area contributed by atoms with Gasteiger partial charge in [-0.2, -0.15) is 0 Å². The molecule has 3 nitrogen and oxygen atoms in total. The lowest BCUT2D eigenvalue weighted by atomic mass is 10.2. The number of halogens is 1. The van der Waals surface area contributed by atoms with Crippen LogP contribution in [0.4, 0.5) is 10.1 Å². The van der Waals surface area contributed by atoms with Gasteiger partial charge in [-0.25, -0.2) is 4.39 Å². The monoisotopic (exact) mass is 315 g/mol. The Labute approximate surface area is 137 Å². The van der Waals surface area contributed by atoms with E-state index >= 15 is 0 Å². The average Bonchev–Trinajstić information content (AvgIpc) is 2.58. The quantitative estimate of drug-likeness (QED) is 0.910. The molecule has 0 aromatic heterocycles. The fourth-order valence-electron chi connectivity index (χ4n) is 3.07. The van der Waals surface area contributed by atoms with Crippen LogP contribution in [-0.2, 0) is 6.54 Å². The second-order valence-electron chi connectivity index (χ2n) is 5.97.